The van der Waals surface area contributed by atoms with Crippen LogP contribution in [0.5, 0.6) is 17.2 Å². The summed E-state index contributed by atoms with van der Waals surface area (Å²) in [5, 5.41) is 0. The van der Waals surface area contributed by atoms with Crippen molar-refractivity contribution >= 4 is 15.7 Å². The zero-order valence-electron chi connectivity index (χ0n) is 25.9. The fourth-order valence-corrected chi connectivity index (χ4v) is 8.32. The minimum absolute atomic E-state index is 0.0310. The minimum atomic E-state index is -3.83. The molecule has 0 aromatic heterocycles. The van der Waals surface area contributed by atoms with Crippen LogP contribution in [0.25, 0.3) is 0 Å². The van der Waals surface area contributed by atoms with Crippen LogP contribution in [-0.4, -0.2) is 87.7 Å². The Morgan fingerprint density at radius 2 is 1.68 bits per heavy atom. The molecule has 234 valence electrons. The maximum absolute atomic E-state index is 13.6. The third-order valence-electron chi connectivity index (χ3n) is 9.48. The Labute approximate surface area is 260 Å². The van der Waals surface area contributed by atoms with Crippen molar-refractivity contribution in [3.63, 3.8) is 0 Å². The average molecular weight is 620 g/mol. The smallest absolute Gasteiger partial charge is 0.254 e. The van der Waals surface area contributed by atoms with Crippen molar-refractivity contribution in [3.8, 4) is 17.2 Å². The quantitative estimate of drug-likeness (QED) is 0.368. The lowest BCUT2D eigenvalue weighted by molar-refractivity contribution is 0.0135. The largest absolute Gasteiger partial charge is 0.491 e. The standard InChI is InChI=1S/C34H41N3O6S/c1-23-7-5-6-8-29(23)34(38)35-17-15-27(16-18-35)36-19-20-37(24(2)21-36)25(3)26-9-11-28(12-10-26)44(39,40)31-14-13-30-32(33(31)41-4)43-22-42-30/h5-14,24-25,27H,15-22H2,1-4H3/t24-,25+/m1/s1. The van der Waals surface area contributed by atoms with Crippen molar-refractivity contribution in [2.24, 2.45) is 0 Å². The number of rotatable bonds is 7. The first-order valence-corrected chi connectivity index (χ1v) is 16.8. The lowest BCUT2D eigenvalue weighted by Crippen LogP contribution is -2.57. The van der Waals surface area contributed by atoms with E-state index in [1.54, 1.807) is 18.2 Å². The van der Waals surface area contributed by atoms with Gasteiger partial charge in [0.1, 0.15) is 4.90 Å². The molecule has 3 aromatic rings. The number of piperidine rings is 1. The number of methoxy groups -OCH3 is 1. The zero-order chi connectivity index (χ0) is 31.0. The SMILES string of the molecule is COc1c(S(=O)(=O)c2ccc([C@H](C)N3CCN(C4CCN(C(=O)c5ccccc5C)CC4)C[C@H]3C)cc2)ccc2c1OCO2. The molecule has 3 heterocycles. The number of ether oxygens (including phenoxy) is 3. The summed E-state index contributed by atoms with van der Waals surface area (Å²) in [6, 6.07) is 19.1. The van der Waals surface area contributed by atoms with E-state index >= 15 is 0 Å². The number of sulfone groups is 1. The molecule has 0 aliphatic carbocycles. The summed E-state index contributed by atoms with van der Waals surface area (Å²) in [4.78, 5) is 20.4. The number of hydrogen-bond acceptors (Lipinski definition) is 8. The van der Waals surface area contributed by atoms with Gasteiger partial charge in [-0.2, -0.15) is 0 Å². The van der Waals surface area contributed by atoms with Crippen LogP contribution in [-0.2, 0) is 9.84 Å². The Hall–Kier alpha value is -3.60. The molecule has 3 aromatic carbocycles. The molecule has 2 saturated heterocycles. The van der Waals surface area contributed by atoms with Crippen LogP contribution in [0.1, 0.15) is 54.2 Å². The predicted molar refractivity (Wildman–Crippen MR) is 167 cm³/mol. The highest BCUT2D eigenvalue weighted by molar-refractivity contribution is 7.91. The van der Waals surface area contributed by atoms with Crippen molar-refractivity contribution in [2.45, 2.75) is 61.5 Å². The van der Waals surface area contributed by atoms with Gasteiger partial charge >= 0.3 is 0 Å². The van der Waals surface area contributed by atoms with Crippen LogP contribution in [0.3, 0.4) is 0 Å². The van der Waals surface area contributed by atoms with E-state index in [0.717, 1.165) is 62.3 Å². The van der Waals surface area contributed by atoms with Crippen LogP contribution in [0.15, 0.2) is 70.5 Å². The summed E-state index contributed by atoms with van der Waals surface area (Å²) in [6.45, 7) is 10.9. The topological polar surface area (TPSA) is 88.6 Å². The van der Waals surface area contributed by atoms with Gasteiger partial charge in [-0.15, -0.1) is 0 Å². The monoisotopic (exact) mass is 619 g/mol. The van der Waals surface area contributed by atoms with Crippen LogP contribution in [0, 0.1) is 6.92 Å². The molecule has 9 nitrogen and oxygen atoms in total. The summed E-state index contributed by atoms with van der Waals surface area (Å²) in [5.41, 5.74) is 2.91. The number of fused-ring (bicyclic) bond motifs is 1. The van der Waals surface area contributed by atoms with Gasteiger partial charge in [0, 0.05) is 56.4 Å². The highest BCUT2D eigenvalue weighted by Crippen LogP contribution is 2.46. The molecule has 0 unspecified atom stereocenters. The lowest BCUT2D eigenvalue weighted by atomic mass is 9.98. The molecule has 0 spiro atoms. The van der Waals surface area contributed by atoms with Gasteiger partial charge in [0.25, 0.3) is 5.91 Å². The Bertz CT molecular complexity index is 1620. The molecule has 1 amide bonds. The lowest BCUT2D eigenvalue weighted by Gasteiger charge is -2.47. The average Bonchev–Trinajstić information content (AvgIpc) is 3.53. The number of amides is 1. The first-order chi connectivity index (χ1) is 21.2. The molecule has 2 atom stereocenters. The van der Waals surface area contributed by atoms with Gasteiger partial charge in [-0.25, -0.2) is 8.42 Å². The minimum Gasteiger partial charge on any atom is -0.491 e. The highest BCUT2D eigenvalue weighted by Gasteiger charge is 2.34. The highest BCUT2D eigenvalue weighted by atomic mass is 32.2. The Balaban J connectivity index is 1.07. The molecule has 10 heteroatoms. The maximum atomic E-state index is 13.6. The van der Waals surface area contributed by atoms with E-state index < -0.39 is 9.84 Å². The molecule has 0 saturated carbocycles. The van der Waals surface area contributed by atoms with Gasteiger partial charge in [-0.05, 0) is 75.1 Å². The second-order valence-corrected chi connectivity index (χ2v) is 13.9. The molecule has 0 N–H and O–H groups in total. The number of nitrogens with zero attached hydrogens (tertiary/aromatic N) is 3. The number of likely N-dealkylation sites (tertiary alicyclic amines) is 1. The van der Waals surface area contributed by atoms with Gasteiger partial charge in [-0.3, -0.25) is 14.6 Å². The van der Waals surface area contributed by atoms with Gasteiger partial charge < -0.3 is 19.1 Å². The van der Waals surface area contributed by atoms with E-state index in [0.29, 0.717) is 23.6 Å². The van der Waals surface area contributed by atoms with E-state index in [9.17, 15) is 13.2 Å². The summed E-state index contributed by atoms with van der Waals surface area (Å²) in [5.74, 6) is 1.08. The summed E-state index contributed by atoms with van der Waals surface area (Å²) < 4.78 is 43.4. The third kappa shape index (κ3) is 5.66. The number of aryl methyl sites for hydroxylation is 1. The van der Waals surface area contributed by atoms with Crippen LogP contribution in [0.2, 0.25) is 0 Å². The van der Waals surface area contributed by atoms with Crippen molar-refractivity contribution in [1.29, 1.82) is 0 Å². The first-order valence-electron chi connectivity index (χ1n) is 15.4. The Morgan fingerprint density at radius 3 is 2.36 bits per heavy atom. The van der Waals surface area contributed by atoms with Gasteiger partial charge in [0.05, 0.1) is 12.0 Å². The molecule has 3 aliphatic heterocycles. The second-order valence-electron chi connectivity index (χ2n) is 12.0. The van der Waals surface area contributed by atoms with Gasteiger partial charge in [-0.1, -0.05) is 30.3 Å². The van der Waals surface area contributed by atoms with Crippen molar-refractivity contribution < 1.29 is 27.4 Å². The van der Waals surface area contributed by atoms with E-state index in [1.807, 2.05) is 48.2 Å². The number of piperazine rings is 1. The zero-order valence-corrected chi connectivity index (χ0v) is 26.7. The van der Waals surface area contributed by atoms with E-state index in [4.69, 9.17) is 14.2 Å². The maximum Gasteiger partial charge on any atom is 0.254 e. The third-order valence-corrected chi connectivity index (χ3v) is 11.3. The van der Waals surface area contributed by atoms with Crippen molar-refractivity contribution in [3.05, 3.63) is 77.4 Å². The fraction of sp³-hybridized carbons (Fsp3) is 0.441. The molecule has 3 aliphatic rings. The second kappa shape index (κ2) is 12.4. The van der Waals surface area contributed by atoms with Crippen molar-refractivity contribution in [1.82, 2.24) is 14.7 Å². The molecular formula is C34H41N3O6S. The van der Waals surface area contributed by atoms with Gasteiger partial charge in [0.2, 0.25) is 22.4 Å². The number of benzene rings is 3. The fourth-order valence-electron chi connectivity index (χ4n) is 6.90. The Kier molecular flexibility index (Phi) is 8.59. The van der Waals surface area contributed by atoms with Crippen LogP contribution in [0.4, 0.5) is 0 Å². The molecule has 44 heavy (non-hydrogen) atoms. The summed E-state index contributed by atoms with van der Waals surface area (Å²) >= 11 is 0. The summed E-state index contributed by atoms with van der Waals surface area (Å²) in [6.07, 6.45) is 1.98. The van der Waals surface area contributed by atoms with E-state index in [-0.39, 0.29) is 34.3 Å². The number of hydrogen-bond donors (Lipinski definition) is 0. The number of carbonyl (C=O) groups is 1. The predicted octanol–water partition coefficient (Wildman–Crippen LogP) is 4.94. The van der Waals surface area contributed by atoms with E-state index in [1.165, 1.54) is 13.2 Å². The molecule has 6 rings (SSSR count). The van der Waals surface area contributed by atoms with Gasteiger partial charge in [0.15, 0.2) is 11.5 Å². The normalized spacial score (nSPS) is 20.5. The molecule has 0 radical (unpaired) electrons. The Morgan fingerprint density at radius 1 is 0.955 bits per heavy atom. The molecular weight excluding hydrogens is 578 g/mol. The van der Waals surface area contributed by atoms with Crippen LogP contribution >= 0.6 is 0 Å². The van der Waals surface area contributed by atoms with E-state index in [2.05, 4.69) is 23.6 Å². The van der Waals surface area contributed by atoms with Crippen LogP contribution < -0.4 is 14.2 Å². The molecule has 0 bridgehead atoms. The van der Waals surface area contributed by atoms with Crippen molar-refractivity contribution in [2.75, 3.05) is 46.6 Å². The summed E-state index contributed by atoms with van der Waals surface area (Å²) in [7, 11) is -2.40. The first kappa shape index (κ1) is 30.4. The number of carbonyl (C=O) groups excluding carboxylic acids is 1. The molecule has 2 fully saturated rings.